The van der Waals surface area contributed by atoms with Crippen LogP contribution in [0.15, 0.2) is 55.4 Å². The summed E-state index contributed by atoms with van der Waals surface area (Å²) in [5.74, 6) is 0.00184. The summed E-state index contributed by atoms with van der Waals surface area (Å²) in [5, 5.41) is 3.10. The van der Waals surface area contributed by atoms with Crippen molar-refractivity contribution in [2.24, 2.45) is 4.99 Å². The Morgan fingerprint density at radius 2 is 2.00 bits per heavy atom. The molecule has 1 aromatic carbocycles. The van der Waals surface area contributed by atoms with Crippen molar-refractivity contribution in [3.8, 4) is 0 Å². The van der Waals surface area contributed by atoms with Gasteiger partial charge in [-0.25, -0.2) is 9.38 Å². The predicted octanol–water partition coefficient (Wildman–Crippen LogP) is 4.07. The van der Waals surface area contributed by atoms with Crippen molar-refractivity contribution in [2.75, 3.05) is 0 Å². The number of nitrogens with one attached hydrogen (secondary N) is 1. The largest absolute Gasteiger partial charge is 0.450 e. The predicted molar refractivity (Wildman–Crippen MR) is 83.6 cm³/mol. The van der Waals surface area contributed by atoms with Gasteiger partial charge in [0, 0.05) is 6.08 Å². The van der Waals surface area contributed by atoms with Gasteiger partial charge >= 0.3 is 0 Å². The summed E-state index contributed by atoms with van der Waals surface area (Å²) < 4.78 is 18.7. The van der Waals surface area contributed by atoms with Gasteiger partial charge in [0.25, 0.3) is 5.91 Å². The van der Waals surface area contributed by atoms with E-state index in [0.717, 1.165) is 0 Å². The third-order valence-electron chi connectivity index (χ3n) is 2.58. The zero-order valence-corrected chi connectivity index (χ0v) is 12.9. The summed E-state index contributed by atoms with van der Waals surface area (Å²) in [6.07, 6.45) is 1.64. The normalized spacial score (nSPS) is 18.5. The quantitative estimate of drug-likeness (QED) is 0.814. The number of thioether (sulfide) groups is 1. The molecule has 0 saturated carbocycles. The Labute approximate surface area is 132 Å². The number of amidine groups is 1. The van der Waals surface area contributed by atoms with E-state index in [4.69, 9.17) is 4.42 Å². The van der Waals surface area contributed by atoms with E-state index in [2.05, 4.69) is 26.2 Å². The molecule has 0 unspecified atom stereocenters. The number of aliphatic imine (C=N–C) groups is 1. The third kappa shape index (κ3) is 3.43. The van der Waals surface area contributed by atoms with Gasteiger partial charge in [0.2, 0.25) is 0 Å². The molecule has 3 rings (SSSR count). The lowest BCUT2D eigenvalue weighted by Crippen LogP contribution is -2.19. The van der Waals surface area contributed by atoms with Crippen molar-refractivity contribution in [1.82, 2.24) is 5.32 Å². The van der Waals surface area contributed by atoms with Crippen molar-refractivity contribution < 1.29 is 13.6 Å². The first-order chi connectivity index (χ1) is 10.1. The van der Waals surface area contributed by atoms with Gasteiger partial charge in [0.05, 0.1) is 10.6 Å². The summed E-state index contributed by atoms with van der Waals surface area (Å²) in [4.78, 5) is 16.6. The van der Waals surface area contributed by atoms with Crippen LogP contribution in [-0.4, -0.2) is 11.1 Å². The van der Waals surface area contributed by atoms with Gasteiger partial charge in [0.15, 0.2) is 9.84 Å². The number of furan rings is 1. The minimum Gasteiger partial charge on any atom is -0.450 e. The van der Waals surface area contributed by atoms with Crippen LogP contribution < -0.4 is 5.32 Å². The van der Waals surface area contributed by atoms with Crippen molar-refractivity contribution in [1.29, 1.82) is 0 Å². The Morgan fingerprint density at radius 1 is 1.24 bits per heavy atom. The van der Waals surface area contributed by atoms with Crippen LogP contribution >= 0.6 is 27.7 Å². The molecule has 21 heavy (non-hydrogen) atoms. The average Bonchev–Trinajstić information content (AvgIpc) is 3.00. The fourth-order valence-electron chi connectivity index (χ4n) is 1.65. The molecule has 0 radical (unpaired) electrons. The number of hydrogen-bond donors (Lipinski definition) is 1. The fraction of sp³-hybridized carbons (Fsp3) is 0. The monoisotopic (exact) mass is 366 g/mol. The van der Waals surface area contributed by atoms with Gasteiger partial charge in [-0.1, -0.05) is 0 Å². The molecule has 0 bridgehead atoms. The second-order valence-electron chi connectivity index (χ2n) is 4.10. The molecule has 4 nitrogen and oxygen atoms in total. The summed E-state index contributed by atoms with van der Waals surface area (Å²) in [5.41, 5.74) is 0.571. The molecule has 1 aliphatic heterocycles. The number of benzene rings is 1. The molecule has 106 valence electrons. The smallest absolute Gasteiger partial charge is 0.264 e. The minimum absolute atomic E-state index is 0.242. The Kier molecular flexibility index (Phi) is 3.94. The summed E-state index contributed by atoms with van der Waals surface area (Å²) in [6.45, 7) is 0. The number of rotatable bonds is 2. The number of carbonyl (C=O) groups excluding carboxylic acids is 1. The lowest BCUT2D eigenvalue weighted by atomic mass is 10.3. The molecule has 2 aromatic rings. The lowest BCUT2D eigenvalue weighted by Gasteiger charge is -1.95. The Morgan fingerprint density at radius 3 is 2.67 bits per heavy atom. The molecule has 1 amide bonds. The van der Waals surface area contributed by atoms with Gasteiger partial charge < -0.3 is 9.73 Å². The topological polar surface area (TPSA) is 54.6 Å². The molecule has 1 aliphatic rings. The molecule has 1 saturated heterocycles. The van der Waals surface area contributed by atoms with E-state index in [9.17, 15) is 9.18 Å². The second-order valence-corrected chi connectivity index (χ2v) is 5.91. The molecular formula is C14H8BrFN2O2S. The van der Waals surface area contributed by atoms with E-state index < -0.39 is 0 Å². The third-order valence-corrected chi connectivity index (χ3v) is 3.91. The minimum atomic E-state index is -0.328. The van der Waals surface area contributed by atoms with Crippen molar-refractivity contribution in [2.45, 2.75) is 0 Å². The van der Waals surface area contributed by atoms with Gasteiger partial charge in [-0.3, -0.25) is 4.79 Å². The standard InChI is InChI=1S/C14H8BrFN2O2S/c15-12-6-5-10(20-12)7-11-13(19)18-14(21-11)17-9-3-1-8(16)2-4-9/h1-7H,(H,17,18,19)/b11-7+. The molecule has 0 atom stereocenters. The lowest BCUT2D eigenvalue weighted by molar-refractivity contribution is -0.115. The molecular weight excluding hydrogens is 359 g/mol. The number of amides is 1. The summed E-state index contributed by atoms with van der Waals surface area (Å²) >= 11 is 4.40. The van der Waals surface area contributed by atoms with E-state index in [1.54, 1.807) is 30.3 Å². The number of carbonyl (C=O) groups is 1. The first-order valence-electron chi connectivity index (χ1n) is 5.91. The molecule has 7 heteroatoms. The summed E-state index contributed by atoms with van der Waals surface area (Å²) in [7, 11) is 0. The zero-order chi connectivity index (χ0) is 14.8. The van der Waals surface area contributed by atoms with Crippen LogP contribution in [0.25, 0.3) is 6.08 Å². The van der Waals surface area contributed by atoms with E-state index in [0.29, 0.717) is 26.2 Å². The Hall–Kier alpha value is -1.86. The fourth-order valence-corrected chi connectivity index (χ4v) is 2.79. The zero-order valence-electron chi connectivity index (χ0n) is 10.5. The SMILES string of the molecule is O=C1NC(=Nc2ccc(F)cc2)S/C1=C/c1ccc(Br)o1. The van der Waals surface area contributed by atoms with Crippen LogP contribution in [0.4, 0.5) is 10.1 Å². The average molecular weight is 367 g/mol. The highest BCUT2D eigenvalue weighted by molar-refractivity contribution is 9.10. The van der Waals surface area contributed by atoms with Gasteiger partial charge in [-0.2, -0.15) is 0 Å². The highest BCUT2D eigenvalue weighted by Crippen LogP contribution is 2.29. The van der Waals surface area contributed by atoms with E-state index >= 15 is 0 Å². The maximum Gasteiger partial charge on any atom is 0.264 e. The molecule has 1 fully saturated rings. The second kappa shape index (κ2) is 5.87. The van der Waals surface area contributed by atoms with Crippen LogP contribution in [0, 0.1) is 5.82 Å². The molecule has 1 N–H and O–H groups in total. The van der Waals surface area contributed by atoms with Crippen LogP contribution in [-0.2, 0) is 4.79 Å². The van der Waals surface area contributed by atoms with Crippen LogP contribution in [0.1, 0.15) is 5.76 Å². The van der Waals surface area contributed by atoms with Gasteiger partial charge in [-0.15, -0.1) is 0 Å². The number of halogens is 2. The van der Waals surface area contributed by atoms with Crippen LogP contribution in [0.5, 0.6) is 0 Å². The highest BCUT2D eigenvalue weighted by Gasteiger charge is 2.24. The van der Waals surface area contributed by atoms with Crippen LogP contribution in [0.2, 0.25) is 0 Å². The maximum absolute atomic E-state index is 12.8. The molecule has 1 aromatic heterocycles. The first kappa shape index (κ1) is 14.1. The summed E-state index contributed by atoms with van der Waals surface area (Å²) in [6, 6.07) is 9.22. The Bertz CT molecular complexity index is 753. The van der Waals surface area contributed by atoms with Crippen molar-refractivity contribution in [3.05, 3.63) is 57.6 Å². The maximum atomic E-state index is 12.8. The van der Waals surface area contributed by atoms with Crippen molar-refractivity contribution >= 4 is 50.5 Å². The number of hydrogen-bond acceptors (Lipinski definition) is 4. The first-order valence-corrected chi connectivity index (χ1v) is 7.51. The molecule has 0 aliphatic carbocycles. The molecule has 2 heterocycles. The highest BCUT2D eigenvalue weighted by atomic mass is 79.9. The van der Waals surface area contributed by atoms with Crippen molar-refractivity contribution in [3.63, 3.8) is 0 Å². The van der Waals surface area contributed by atoms with Gasteiger partial charge in [-0.05, 0) is 64.1 Å². The Balaban J connectivity index is 1.81. The van der Waals surface area contributed by atoms with E-state index in [-0.39, 0.29) is 11.7 Å². The van der Waals surface area contributed by atoms with E-state index in [1.165, 1.54) is 23.9 Å². The van der Waals surface area contributed by atoms with Gasteiger partial charge in [0.1, 0.15) is 11.6 Å². The number of nitrogens with zero attached hydrogens (tertiary/aromatic N) is 1. The molecule has 0 spiro atoms. The van der Waals surface area contributed by atoms with E-state index in [1.807, 2.05) is 0 Å². The van der Waals surface area contributed by atoms with Crippen LogP contribution in [0.3, 0.4) is 0 Å².